The van der Waals surface area contributed by atoms with Crippen LogP contribution in [0.15, 0.2) is 22.7 Å². The number of hydrogen-bond donors (Lipinski definition) is 1. The highest BCUT2D eigenvalue weighted by molar-refractivity contribution is 9.10. The summed E-state index contributed by atoms with van der Waals surface area (Å²) in [5.41, 5.74) is 1.62. The Bertz CT molecular complexity index is 673. The second-order valence-corrected chi connectivity index (χ2v) is 6.24. The molecule has 0 aromatic heterocycles. The van der Waals surface area contributed by atoms with Crippen molar-refractivity contribution in [3.63, 3.8) is 0 Å². The van der Waals surface area contributed by atoms with Crippen molar-refractivity contribution < 1.29 is 23.9 Å². The van der Waals surface area contributed by atoms with E-state index in [1.807, 2.05) is 19.1 Å². The van der Waals surface area contributed by atoms with Gasteiger partial charge in [0.2, 0.25) is 11.8 Å². The number of hydrogen-bond acceptors (Lipinski definition) is 5. The summed E-state index contributed by atoms with van der Waals surface area (Å²) in [5, 5.41) is 2.62. The monoisotopic (exact) mass is 396 g/mol. The molecule has 24 heavy (non-hydrogen) atoms. The van der Waals surface area contributed by atoms with Crippen LogP contribution in [0.2, 0.25) is 0 Å². The number of amides is 3. The van der Waals surface area contributed by atoms with Gasteiger partial charge in [-0.1, -0.05) is 6.07 Å². The van der Waals surface area contributed by atoms with Crippen LogP contribution in [0, 0.1) is 6.92 Å². The lowest BCUT2D eigenvalue weighted by molar-refractivity contribution is -0.148. The molecule has 3 amide bonds. The van der Waals surface area contributed by atoms with Crippen LogP contribution < -0.4 is 5.32 Å². The molecule has 1 fully saturated rings. The molecule has 0 aliphatic carbocycles. The van der Waals surface area contributed by atoms with E-state index in [1.54, 1.807) is 6.07 Å². The molecule has 1 aliphatic rings. The average molecular weight is 397 g/mol. The number of nitrogens with one attached hydrogen (secondary N) is 1. The Morgan fingerprint density at radius 2 is 1.92 bits per heavy atom. The average Bonchev–Trinajstić information content (AvgIpc) is 2.84. The van der Waals surface area contributed by atoms with Crippen molar-refractivity contribution in [3.05, 3.63) is 28.2 Å². The van der Waals surface area contributed by atoms with Crippen LogP contribution in [0.5, 0.6) is 0 Å². The summed E-state index contributed by atoms with van der Waals surface area (Å²) < 4.78 is 5.58. The van der Waals surface area contributed by atoms with Crippen molar-refractivity contribution in [2.75, 3.05) is 18.5 Å². The standard InChI is InChI=1S/C16H17BrN2O5/c1-10-2-3-12(11(17)8-10)18-13(20)9-24-16(23)6-7-19-14(21)4-5-15(19)22/h2-3,8H,4-7,9H2,1H3,(H,18,20). The van der Waals surface area contributed by atoms with Crippen LogP contribution in [0.25, 0.3) is 0 Å². The zero-order chi connectivity index (χ0) is 17.7. The largest absolute Gasteiger partial charge is 0.456 e. The Hall–Kier alpha value is -2.22. The van der Waals surface area contributed by atoms with Gasteiger partial charge in [0.05, 0.1) is 12.1 Å². The zero-order valence-electron chi connectivity index (χ0n) is 13.1. The molecule has 7 nitrogen and oxygen atoms in total. The van der Waals surface area contributed by atoms with E-state index in [0.29, 0.717) is 5.69 Å². The third-order valence-electron chi connectivity index (χ3n) is 3.46. The summed E-state index contributed by atoms with van der Waals surface area (Å²) in [4.78, 5) is 47.3. The number of likely N-dealkylation sites (tertiary alicyclic amines) is 1. The Morgan fingerprint density at radius 3 is 2.54 bits per heavy atom. The molecule has 1 aromatic carbocycles. The van der Waals surface area contributed by atoms with Gasteiger partial charge in [0.15, 0.2) is 6.61 Å². The Morgan fingerprint density at radius 1 is 1.25 bits per heavy atom. The molecule has 1 N–H and O–H groups in total. The van der Waals surface area contributed by atoms with Crippen molar-refractivity contribution in [3.8, 4) is 0 Å². The molecular weight excluding hydrogens is 380 g/mol. The van der Waals surface area contributed by atoms with Gasteiger partial charge in [0.1, 0.15) is 0 Å². The van der Waals surface area contributed by atoms with Gasteiger partial charge in [-0.2, -0.15) is 0 Å². The Balaban J connectivity index is 1.74. The first-order valence-electron chi connectivity index (χ1n) is 7.41. The van der Waals surface area contributed by atoms with Gasteiger partial charge >= 0.3 is 5.97 Å². The van der Waals surface area contributed by atoms with Crippen molar-refractivity contribution in [1.82, 2.24) is 4.90 Å². The van der Waals surface area contributed by atoms with Crippen LogP contribution in [-0.2, 0) is 23.9 Å². The number of benzene rings is 1. The molecule has 0 radical (unpaired) electrons. The highest BCUT2D eigenvalue weighted by atomic mass is 79.9. The normalized spacial score (nSPS) is 14.0. The summed E-state index contributed by atoms with van der Waals surface area (Å²) in [6, 6.07) is 5.44. The van der Waals surface area contributed by atoms with E-state index in [-0.39, 0.29) is 37.6 Å². The van der Waals surface area contributed by atoms with E-state index in [0.717, 1.165) is 14.9 Å². The molecule has 1 aliphatic heterocycles. The van der Waals surface area contributed by atoms with Crippen LogP contribution >= 0.6 is 15.9 Å². The third kappa shape index (κ3) is 4.89. The topological polar surface area (TPSA) is 92.8 Å². The summed E-state index contributed by atoms with van der Waals surface area (Å²) in [6.45, 7) is 1.48. The number of rotatable bonds is 6. The van der Waals surface area contributed by atoms with Gasteiger partial charge in [-0.25, -0.2) is 0 Å². The van der Waals surface area contributed by atoms with Gasteiger partial charge in [-0.05, 0) is 40.5 Å². The van der Waals surface area contributed by atoms with Crippen molar-refractivity contribution in [2.45, 2.75) is 26.2 Å². The van der Waals surface area contributed by atoms with Crippen LogP contribution in [-0.4, -0.2) is 41.7 Å². The van der Waals surface area contributed by atoms with Gasteiger partial charge < -0.3 is 10.1 Å². The summed E-state index contributed by atoms with van der Waals surface area (Å²) in [5.74, 6) is -1.67. The van der Waals surface area contributed by atoms with Crippen LogP contribution in [0.3, 0.4) is 0 Å². The molecule has 0 atom stereocenters. The molecule has 2 rings (SSSR count). The Labute approximate surface area is 147 Å². The Kier molecular flexibility index (Phi) is 6.08. The summed E-state index contributed by atoms with van der Waals surface area (Å²) >= 11 is 3.34. The number of halogens is 1. The van der Waals surface area contributed by atoms with E-state index in [1.165, 1.54) is 0 Å². The zero-order valence-corrected chi connectivity index (χ0v) is 14.7. The van der Waals surface area contributed by atoms with Crippen LogP contribution in [0.4, 0.5) is 5.69 Å². The molecule has 0 saturated carbocycles. The molecule has 0 bridgehead atoms. The number of carbonyl (C=O) groups is 4. The molecular formula is C16H17BrN2O5. The third-order valence-corrected chi connectivity index (χ3v) is 4.11. The summed E-state index contributed by atoms with van der Waals surface area (Å²) in [7, 11) is 0. The number of imide groups is 1. The quantitative estimate of drug-likeness (QED) is 0.584. The second-order valence-electron chi connectivity index (χ2n) is 5.38. The number of aryl methyl sites for hydroxylation is 1. The van der Waals surface area contributed by atoms with E-state index >= 15 is 0 Å². The van der Waals surface area contributed by atoms with Gasteiger partial charge in [0.25, 0.3) is 5.91 Å². The van der Waals surface area contributed by atoms with Gasteiger partial charge in [-0.15, -0.1) is 0 Å². The maximum Gasteiger partial charge on any atom is 0.308 e. The van der Waals surface area contributed by atoms with Crippen molar-refractivity contribution >= 4 is 45.3 Å². The maximum atomic E-state index is 11.8. The minimum Gasteiger partial charge on any atom is -0.456 e. The van der Waals surface area contributed by atoms with Crippen molar-refractivity contribution in [2.24, 2.45) is 0 Å². The number of carbonyl (C=O) groups excluding carboxylic acids is 4. The first kappa shape index (κ1) is 18.1. The fraction of sp³-hybridized carbons (Fsp3) is 0.375. The maximum absolute atomic E-state index is 11.8. The predicted octanol–water partition coefficient (Wildman–Crippen LogP) is 1.78. The number of nitrogens with zero attached hydrogens (tertiary/aromatic N) is 1. The lowest BCUT2D eigenvalue weighted by atomic mass is 10.2. The van der Waals surface area contributed by atoms with E-state index in [2.05, 4.69) is 21.2 Å². The van der Waals surface area contributed by atoms with Crippen LogP contribution in [0.1, 0.15) is 24.8 Å². The fourth-order valence-corrected chi connectivity index (χ4v) is 2.79. The smallest absolute Gasteiger partial charge is 0.308 e. The minimum atomic E-state index is -0.638. The van der Waals surface area contributed by atoms with Gasteiger partial charge in [0, 0.05) is 23.9 Å². The highest BCUT2D eigenvalue weighted by Gasteiger charge is 2.29. The summed E-state index contributed by atoms with van der Waals surface area (Å²) in [6.07, 6.45) is 0.239. The lowest BCUT2D eigenvalue weighted by Crippen LogP contribution is -2.32. The fourth-order valence-electron chi connectivity index (χ4n) is 2.20. The minimum absolute atomic E-state index is 0.0123. The number of esters is 1. The first-order chi connectivity index (χ1) is 11.4. The van der Waals surface area contributed by atoms with Crippen molar-refractivity contribution in [1.29, 1.82) is 0 Å². The molecule has 128 valence electrons. The predicted molar refractivity (Wildman–Crippen MR) is 89.0 cm³/mol. The molecule has 0 unspecified atom stereocenters. The van der Waals surface area contributed by atoms with E-state index in [4.69, 9.17) is 4.74 Å². The second kappa shape index (κ2) is 8.05. The number of ether oxygens (including phenoxy) is 1. The molecule has 1 saturated heterocycles. The van der Waals surface area contributed by atoms with E-state index in [9.17, 15) is 19.2 Å². The van der Waals surface area contributed by atoms with Gasteiger partial charge in [-0.3, -0.25) is 24.1 Å². The SMILES string of the molecule is Cc1ccc(NC(=O)COC(=O)CCN2C(=O)CCC2=O)c(Br)c1. The first-order valence-corrected chi connectivity index (χ1v) is 8.21. The molecule has 0 spiro atoms. The highest BCUT2D eigenvalue weighted by Crippen LogP contribution is 2.23. The molecule has 1 heterocycles. The number of anilines is 1. The molecule has 8 heteroatoms. The molecule has 1 aromatic rings. The lowest BCUT2D eigenvalue weighted by Gasteiger charge is -2.13. The van der Waals surface area contributed by atoms with E-state index < -0.39 is 18.5 Å².